The first-order chi connectivity index (χ1) is 7.81. The van der Waals surface area contributed by atoms with Crippen LogP contribution >= 0.6 is 0 Å². The summed E-state index contributed by atoms with van der Waals surface area (Å²) >= 11 is 0. The van der Waals surface area contributed by atoms with Crippen LogP contribution in [0.3, 0.4) is 0 Å². The van der Waals surface area contributed by atoms with E-state index in [2.05, 4.69) is 12.1 Å². The number of rotatable bonds is 7. The standard InChI is InChI=1S/C13H21NO2/c1-3-16-10-12-9-11(5-4-8-14)6-7-13(12)15-2/h6-7,9H,3-5,8,10,14H2,1-2H3. The molecule has 0 amide bonds. The first kappa shape index (κ1) is 13.0. The molecular formula is C13H21NO2. The molecule has 2 N–H and O–H groups in total. The average molecular weight is 223 g/mol. The van der Waals surface area contributed by atoms with Crippen LogP contribution in [-0.4, -0.2) is 20.3 Å². The van der Waals surface area contributed by atoms with Gasteiger partial charge in [-0.1, -0.05) is 6.07 Å². The lowest BCUT2D eigenvalue weighted by Crippen LogP contribution is -2.02. The monoisotopic (exact) mass is 223 g/mol. The van der Waals surface area contributed by atoms with Gasteiger partial charge in [-0.2, -0.15) is 0 Å². The summed E-state index contributed by atoms with van der Waals surface area (Å²) < 4.78 is 10.7. The van der Waals surface area contributed by atoms with Crippen LogP contribution in [0.4, 0.5) is 0 Å². The Kier molecular flexibility index (Phi) is 5.90. The maximum atomic E-state index is 5.50. The van der Waals surface area contributed by atoms with Crippen LogP contribution in [0.5, 0.6) is 5.75 Å². The van der Waals surface area contributed by atoms with Gasteiger partial charge >= 0.3 is 0 Å². The minimum atomic E-state index is 0.607. The van der Waals surface area contributed by atoms with E-state index in [1.807, 2.05) is 13.0 Å². The fraction of sp³-hybridized carbons (Fsp3) is 0.538. The molecule has 0 radical (unpaired) electrons. The molecule has 1 aromatic carbocycles. The number of hydrogen-bond donors (Lipinski definition) is 1. The highest BCUT2D eigenvalue weighted by Gasteiger charge is 2.04. The molecule has 0 atom stereocenters. The van der Waals surface area contributed by atoms with Gasteiger partial charge in [0, 0.05) is 12.2 Å². The molecule has 1 rings (SSSR count). The second-order valence-electron chi connectivity index (χ2n) is 3.68. The minimum Gasteiger partial charge on any atom is -0.496 e. The minimum absolute atomic E-state index is 0.607. The molecule has 0 spiro atoms. The largest absolute Gasteiger partial charge is 0.496 e. The zero-order chi connectivity index (χ0) is 11.8. The number of ether oxygens (including phenoxy) is 2. The molecule has 1 aromatic rings. The Morgan fingerprint density at radius 3 is 2.75 bits per heavy atom. The van der Waals surface area contributed by atoms with Gasteiger partial charge in [0.1, 0.15) is 5.75 Å². The summed E-state index contributed by atoms with van der Waals surface area (Å²) in [6.45, 7) is 4.05. The quantitative estimate of drug-likeness (QED) is 0.770. The van der Waals surface area contributed by atoms with Crippen LogP contribution in [0.2, 0.25) is 0 Å². The molecule has 0 aliphatic heterocycles. The maximum absolute atomic E-state index is 5.50. The normalized spacial score (nSPS) is 10.4. The Labute approximate surface area is 97.6 Å². The summed E-state index contributed by atoms with van der Waals surface area (Å²) in [5.74, 6) is 0.893. The molecule has 0 heterocycles. The topological polar surface area (TPSA) is 44.5 Å². The summed E-state index contributed by atoms with van der Waals surface area (Å²) in [5, 5.41) is 0. The third-order valence-corrected chi connectivity index (χ3v) is 2.48. The Morgan fingerprint density at radius 1 is 1.31 bits per heavy atom. The number of benzene rings is 1. The van der Waals surface area contributed by atoms with Gasteiger partial charge in [0.05, 0.1) is 13.7 Å². The molecule has 0 unspecified atom stereocenters. The lowest BCUT2D eigenvalue weighted by molar-refractivity contribution is 0.132. The van der Waals surface area contributed by atoms with E-state index in [0.717, 1.165) is 37.3 Å². The molecule has 0 aromatic heterocycles. The van der Waals surface area contributed by atoms with Crippen LogP contribution in [0.25, 0.3) is 0 Å². The molecular weight excluding hydrogens is 202 g/mol. The zero-order valence-electron chi connectivity index (χ0n) is 10.2. The van der Waals surface area contributed by atoms with Crippen molar-refractivity contribution in [3.8, 4) is 5.75 Å². The van der Waals surface area contributed by atoms with Crippen molar-refractivity contribution in [1.82, 2.24) is 0 Å². The summed E-state index contributed by atoms with van der Waals surface area (Å²) in [4.78, 5) is 0. The summed E-state index contributed by atoms with van der Waals surface area (Å²) in [6, 6.07) is 6.23. The van der Waals surface area contributed by atoms with Crippen molar-refractivity contribution in [3.63, 3.8) is 0 Å². The highest BCUT2D eigenvalue weighted by molar-refractivity contribution is 5.37. The second kappa shape index (κ2) is 7.25. The van der Waals surface area contributed by atoms with Crippen molar-refractivity contribution < 1.29 is 9.47 Å². The van der Waals surface area contributed by atoms with Crippen molar-refractivity contribution in [3.05, 3.63) is 29.3 Å². The number of hydrogen-bond acceptors (Lipinski definition) is 3. The van der Waals surface area contributed by atoms with Crippen LogP contribution in [-0.2, 0) is 17.8 Å². The Morgan fingerprint density at radius 2 is 2.12 bits per heavy atom. The second-order valence-corrected chi connectivity index (χ2v) is 3.68. The first-order valence-electron chi connectivity index (χ1n) is 5.75. The SMILES string of the molecule is CCOCc1cc(CCCN)ccc1OC. The van der Waals surface area contributed by atoms with E-state index in [0.29, 0.717) is 6.61 Å². The highest BCUT2D eigenvalue weighted by atomic mass is 16.5. The van der Waals surface area contributed by atoms with E-state index >= 15 is 0 Å². The molecule has 0 bridgehead atoms. The Hall–Kier alpha value is -1.06. The fourth-order valence-electron chi connectivity index (χ4n) is 1.62. The molecule has 0 saturated carbocycles. The molecule has 3 nitrogen and oxygen atoms in total. The molecule has 16 heavy (non-hydrogen) atoms. The van der Waals surface area contributed by atoms with Crippen molar-refractivity contribution in [1.29, 1.82) is 0 Å². The van der Waals surface area contributed by atoms with Gasteiger partial charge < -0.3 is 15.2 Å². The zero-order valence-corrected chi connectivity index (χ0v) is 10.2. The summed E-state index contributed by atoms with van der Waals surface area (Å²) in [5.41, 5.74) is 7.90. The van der Waals surface area contributed by atoms with Crippen molar-refractivity contribution in [2.45, 2.75) is 26.4 Å². The van der Waals surface area contributed by atoms with E-state index in [4.69, 9.17) is 15.2 Å². The number of nitrogens with two attached hydrogens (primary N) is 1. The van der Waals surface area contributed by atoms with E-state index in [1.165, 1.54) is 5.56 Å². The van der Waals surface area contributed by atoms with Gasteiger partial charge in [0.15, 0.2) is 0 Å². The smallest absolute Gasteiger partial charge is 0.124 e. The van der Waals surface area contributed by atoms with E-state index < -0.39 is 0 Å². The summed E-state index contributed by atoms with van der Waals surface area (Å²) in [6.07, 6.45) is 2.03. The van der Waals surface area contributed by atoms with E-state index in [9.17, 15) is 0 Å². The highest BCUT2D eigenvalue weighted by Crippen LogP contribution is 2.21. The molecule has 3 heteroatoms. The summed E-state index contributed by atoms with van der Waals surface area (Å²) in [7, 11) is 1.68. The van der Waals surface area contributed by atoms with Gasteiger partial charge in [-0.25, -0.2) is 0 Å². The van der Waals surface area contributed by atoms with Crippen LogP contribution in [0.1, 0.15) is 24.5 Å². The number of methoxy groups -OCH3 is 1. The van der Waals surface area contributed by atoms with Crippen molar-refractivity contribution in [2.24, 2.45) is 5.73 Å². The van der Waals surface area contributed by atoms with Crippen LogP contribution < -0.4 is 10.5 Å². The first-order valence-corrected chi connectivity index (χ1v) is 5.75. The van der Waals surface area contributed by atoms with Gasteiger partial charge in [0.2, 0.25) is 0 Å². The van der Waals surface area contributed by atoms with Gasteiger partial charge in [-0.15, -0.1) is 0 Å². The molecule has 0 aliphatic carbocycles. The molecule has 0 aliphatic rings. The molecule has 90 valence electrons. The van der Waals surface area contributed by atoms with E-state index in [-0.39, 0.29) is 0 Å². The lowest BCUT2D eigenvalue weighted by Gasteiger charge is -2.10. The maximum Gasteiger partial charge on any atom is 0.124 e. The van der Waals surface area contributed by atoms with Crippen molar-refractivity contribution >= 4 is 0 Å². The van der Waals surface area contributed by atoms with Crippen molar-refractivity contribution in [2.75, 3.05) is 20.3 Å². The fourth-order valence-corrected chi connectivity index (χ4v) is 1.62. The average Bonchev–Trinajstić information content (AvgIpc) is 2.33. The van der Waals surface area contributed by atoms with Gasteiger partial charge in [-0.05, 0) is 44.0 Å². The predicted molar refractivity (Wildman–Crippen MR) is 65.7 cm³/mol. The Balaban J connectivity index is 2.74. The van der Waals surface area contributed by atoms with Crippen LogP contribution in [0.15, 0.2) is 18.2 Å². The van der Waals surface area contributed by atoms with Gasteiger partial charge in [-0.3, -0.25) is 0 Å². The van der Waals surface area contributed by atoms with Crippen LogP contribution in [0, 0.1) is 0 Å². The van der Waals surface area contributed by atoms with E-state index in [1.54, 1.807) is 7.11 Å². The molecule has 0 fully saturated rings. The predicted octanol–water partition coefficient (Wildman–Crippen LogP) is 2.12. The van der Waals surface area contributed by atoms with Gasteiger partial charge in [0.25, 0.3) is 0 Å². The number of aryl methyl sites for hydroxylation is 1. The Bertz CT molecular complexity index is 313. The third kappa shape index (κ3) is 3.83. The third-order valence-electron chi connectivity index (χ3n) is 2.48. The molecule has 0 saturated heterocycles. The lowest BCUT2D eigenvalue weighted by atomic mass is 10.1.